The highest BCUT2D eigenvalue weighted by molar-refractivity contribution is 5.20. The Hall–Kier alpha value is -0.520. The molecule has 0 bridgehead atoms. The van der Waals surface area contributed by atoms with E-state index in [1.54, 1.807) is 0 Å². The van der Waals surface area contributed by atoms with Crippen molar-refractivity contribution >= 4 is 0 Å². The van der Waals surface area contributed by atoms with Gasteiger partial charge in [0.05, 0.1) is 0 Å². The Morgan fingerprint density at radius 2 is 1.64 bits per heavy atom. The summed E-state index contributed by atoms with van der Waals surface area (Å²) >= 11 is 0. The highest BCUT2D eigenvalue weighted by Gasteiger charge is 2.08. The molecule has 64 valence electrons. The van der Waals surface area contributed by atoms with Gasteiger partial charge >= 0.3 is 0 Å². The summed E-state index contributed by atoms with van der Waals surface area (Å²) in [6.07, 6.45) is 6.50. The molecule has 0 aliphatic rings. The van der Waals surface area contributed by atoms with Crippen molar-refractivity contribution in [3.63, 3.8) is 0 Å². The van der Waals surface area contributed by atoms with Gasteiger partial charge in [-0.3, -0.25) is 0 Å². The van der Waals surface area contributed by atoms with Crippen molar-refractivity contribution in [1.82, 2.24) is 0 Å². The van der Waals surface area contributed by atoms with Crippen molar-refractivity contribution in [2.45, 2.75) is 34.6 Å². The lowest BCUT2D eigenvalue weighted by Gasteiger charge is -2.16. The molecule has 0 spiro atoms. The summed E-state index contributed by atoms with van der Waals surface area (Å²) in [7, 11) is 0. The molecular weight excluding hydrogens is 132 g/mol. The second kappa shape index (κ2) is 5.17. The van der Waals surface area contributed by atoms with Crippen molar-refractivity contribution in [3.8, 4) is 0 Å². The molecule has 1 unspecified atom stereocenters. The summed E-state index contributed by atoms with van der Waals surface area (Å²) in [6.45, 7) is 11.0. The van der Waals surface area contributed by atoms with Gasteiger partial charge in [-0.1, -0.05) is 39.0 Å². The van der Waals surface area contributed by atoms with Crippen molar-refractivity contribution < 1.29 is 0 Å². The molecule has 11 heavy (non-hydrogen) atoms. The Bertz CT molecular complexity index is 149. The third-order valence-corrected chi connectivity index (χ3v) is 2.22. The standard InChI is InChI=1S/C11H20/c1-6-8-11(7-2)10(5)9(3)4/h6-10H,1-5H3/b8-6-,11-7+. The molecule has 0 fully saturated rings. The van der Waals surface area contributed by atoms with Gasteiger partial charge in [0, 0.05) is 0 Å². The van der Waals surface area contributed by atoms with E-state index in [1.165, 1.54) is 5.57 Å². The normalized spacial score (nSPS) is 16.4. The van der Waals surface area contributed by atoms with E-state index >= 15 is 0 Å². The summed E-state index contributed by atoms with van der Waals surface area (Å²) in [6, 6.07) is 0. The van der Waals surface area contributed by atoms with Gasteiger partial charge in [-0.05, 0) is 31.3 Å². The van der Waals surface area contributed by atoms with E-state index in [1.807, 2.05) is 0 Å². The second-order valence-electron chi connectivity index (χ2n) is 3.32. The molecular formula is C11H20. The Labute approximate surface area is 71.0 Å². The molecule has 0 nitrogen and oxygen atoms in total. The summed E-state index contributed by atoms with van der Waals surface area (Å²) in [5.74, 6) is 1.41. The zero-order chi connectivity index (χ0) is 8.85. The molecule has 1 atom stereocenters. The number of hydrogen-bond donors (Lipinski definition) is 0. The smallest absolute Gasteiger partial charge is 0.0171 e. The maximum absolute atomic E-state index is 2.28. The maximum atomic E-state index is 2.28. The first-order chi connectivity index (χ1) is 5.13. The van der Waals surface area contributed by atoms with Gasteiger partial charge in [-0.15, -0.1) is 0 Å². The van der Waals surface area contributed by atoms with E-state index in [9.17, 15) is 0 Å². The van der Waals surface area contributed by atoms with Gasteiger partial charge in [-0.25, -0.2) is 0 Å². The molecule has 0 aromatic rings. The average Bonchev–Trinajstić information content (AvgIpc) is 1.98. The molecule has 0 aliphatic heterocycles. The number of rotatable bonds is 3. The first-order valence-electron chi connectivity index (χ1n) is 4.42. The van der Waals surface area contributed by atoms with Crippen LogP contribution in [0.15, 0.2) is 23.8 Å². The minimum Gasteiger partial charge on any atom is -0.0874 e. The SMILES string of the molecule is C/C=C\C(=C/C)C(C)C(C)C. The summed E-state index contributed by atoms with van der Waals surface area (Å²) in [5, 5.41) is 0. The van der Waals surface area contributed by atoms with Crippen LogP contribution >= 0.6 is 0 Å². The van der Waals surface area contributed by atoms with E-state index in [2.05, 4.69) is 52.8 Å². The quantitative estimate of drug-likeness (QED) is 0.539. The number of allylic oxidation sites excluding steroid dienone is 4. The maximum Gasteiger partial charge on any atom is -0.0171 e. The van der Waals surface area contributed by atoms with Crippen molar-refractivity contribution in [1.29, 1.82) is 0 Å². The van der Waals surface area contributed by atoms with Crippen LogP contribution in [0, 0.1) is 11.8 Å². The predicted molar refractivity (Wildman–Crippen MR) is 52.6 cm³/mol. The Kier molecular flexibility index (Phi) is 4.93. The lowest BCUT2D eigenvalue weighted by atomic mass is 9.89. The van der Waals surface area contributed by atoms with Crippen LogP contribution in [-0.4, -0.2) is 0 Å². The zero-order valence-electron chi connectivity index (χ0n) is 8.39. The van der Waals surface area contributed by atoms with Gasteiger partial charge in [0.1, 0.15) is 0 Å². The highest BCUT2D eigenvalue weighted by atomic mass is 14.1. The molecule has 0 amide bonds. The van der Waals surface area contributed by atoms with Crippen molar-refractivity contribution in [2.24, 2.45) is 11.8 Å². The molecule has 0 aromatic carbocycles. The van der Waals surface area contributed by atoms with E-state index in [0.717, 1.165) is 5.92 Å². The zero-order valence-corrected chi connectivity index (χ0v) is 8.39. The summed E-state index contributed by atoms with van der Waals surface area (Å²) in [5.41, 5.74) is 1.45. The molecule has 0 radical (unpaired) electrons. The molecule has 0 saturated carbocycles. The molecule has 0 aromatic heterocycles. The minimum atomic E-state index is 0.677. The fraction of sp³-hybridized carbons (Fsp3) is 0.636. The van der Waals surface area contributed by atoms with Crippen LogP contribution in [0.1, 0.15) is 34.6 Å². The monoisotopic (exact) mass is 152 g/mol. The van der Waals surface area contributed by atoms with E-state index < -0.39 is 0 Å². The van der Waals surface area contributed by atoms with Crippen LogP contribution in [0.5, 0.6) is 0 Å². The molecule has 0 heterocycles. The molecule has 0 aliphatic carbocycles. The molecule has 0 saturated heterocycles. The fourth-order valence-electron chi connectivity index (χ4n) is 1.09. The van der Waals surface area contributed by atoms with Crippen LogP contribution in [0.4, 0.5) is 0 Å². The minimum absolute atomic E-state index is 0.677. The first kappa shape index (κ1) is 10.5. The number of hydrogen-bond acceptors (Lipinski definition) is 0. The Morgan fingerprint density at radius 3 is 1.91 bits per heavy atom. The van der Waals surface area contributed by atoms with E-state index in [4.69, 9.17) is 0 Å². The molecule has 0 N–H and O–H groups in total. The van der Waals surface area contributed by atoms with Crippen LogP contribution in [-0.2, 0) is 0 Å². The lowest BCUT2D eigenvalue weighted by molar-refractivity contribution is 0.487. The largest absolute Gasteiger partial charge is 0.0874 e. The average molecular weight is 152 g/mol. The van der Waals surface area contributed by atoms with E-state index in [-0.39, 0.29) is 0 Å². The predicted octanol–water partition coefficient (Wildman–Crippen LogP) is 3.80. The van der Waals surface area contributed by atoms with Crippen molar-refractivity contribution in [2.75, 3.05) is 0 Å². The van der Waals surface area contributed by atoms with Crippen LogP contribution in [0.3, 0.4) is 0 Å². The van der Waals surface area contributed by atoms with Crippen molar-refractivity contribution in [3.05, 3.63) is 23.8 Å². The third-order valence-electron chi connectivity index (χ3n) is 2.22. The van der Waals surface area contributed by atoms with Gasteiger partial charge < -0.3 is 0 Å². The van der Waals surface area contributed by atoms with Gasteiger partial charge in [0.15, 0.2) is 0 Å². The van der Waals surface area contributed by atoms with Gasteiger partial charge in [-0.2, -0.15) is 0 Å². The Morgan fingerprint density at radius 1 is 1.09 bits per heavy atom. The van der Waals surface area contributed by atoms with Gasteiger partial charge in [0.25, 0.3) is 0 Å². The van der Waals surface area contributed by atoms with Crippen LogP contribution in [0.2, 0.25) is 0 Å². The third kappa shape index (κ3) is 3.41. The first-order valence-corrected chi connectivity index (χ1v) is 4.42. The fourth-order valence-corrected chi connectivity index (χ4v) is 1.09. The lowest BCUT2D eigenvalue weighted by Crippen LogP contribution is -2.05. The van der Waals surface area contributed by atoms with Gasteiger partial charge in [0.2, 0.25) is 0 Å². The summed E-state index contributed by atoms with van der Waals surface area (Å²) in [4.78, 5) is 0. The second-order valence-corrected chi connectivity index (χ2v) is 3.32. The van der Waals surface area contributed by atoms with Crippen LogP contribution in [0.25, 0.3) is 0 Å². The molecule has 0 heteroatoms. The highest BCUT2D eigenvalue weighted by Crippen LogP contribution is 2.20. The Balaban J connectivity index is 4.27. The topological polar surface area (TPSA) is 0 Å². The van der Waals surface area contributed by atoms with Crippen LogP contribution < -0.4 is 0 Å². The van der Waals surface area contributed by atoms with E-state index in [0.29, 0.717) is 5.92 Å². The summed E-state index contributed by atoms with van der Waals surface area (Å²) < 4.78 is 0. The molecule has 0 rings (SSSR count).